The number of hydrogen-bond acceptors (Lipinski definition) is 5. The highest BCUT2D eigenvalue weighted by molar-refractivity contribution is 7.15. The van der Waals surface area contributed by atoms with Crippen molar-refractivity contribution in [1.82, 2.24) is 9.88 Å². The molecule has 0 bridgehead atoms. The van der Waals surface area contributed by atoms with Gasteiger partial charge in [0.2, 0.25) is 0 Å². The Labute approximate surface area is 107 Å². The second-order valence-corrected chi connectivity index (χ2v) is 5.49. The summed E-state index contributed by atoms with van der Waals surface area (Å²) in [5.41, 5.74) is 0. The van der Waals surface area contributed by atoms with Crippen LogP contribution in [0.5, 0.6) is 0 Å². The second kappa shape index (κ2) is 6.33. The van der Waals surface area contributed by atoms with Crippen LogP contribution < -0.4 is 4.90 Å². The van der Waals surface area contributed by atoms with E-state index in [1.165, 1.54) is 10.0 Å². The third kappa shape index (κ3) is 3.66. The Kier molecular flexibility index (Phi) is 4.76. The summed E-state index contributed by atoms with van der Waals surface area (Å²) in [6.07, 6.45) is 1.96. The van der Waals surface area contributed by atoms with Crippen molar-refractivity contribution in [1.29, 1.82) is 0 Å². The van der Waals surface area contributed by atoms with E-state index >= 15 is 0 Å². The maximum Gasteiger partial charge on any atom is 0.185 e. The quantitative estimate of drug-likeness (QED) is 0.747. The van der Waals surface area contributed by atoms with Crippen molar-refractivity contribution in [2.24, 2.45) is 0 Å². The highest BCUT2D eigenvalue weighted by Gasteiger charge is 2.18. The van der Waals surface area contributed by atoms with Gasteiger partial charge in [0, 0.05) is 50.4 Å². The molecule has 1 fully saturated rings. The molecule has 0 atom stereocenters. The SMILES string of the molecule is CCOCCN1CCN(c2ncc(C)s2)CC1. The van der Waals surface area contributed by atoms with Crippen molar-refractivity contribution in [3.63, 3.8) is 0 Å². The van der Waals surface area contributed by atoms with E-state index in [1.807, 2.05) is 13.1 Å². The van der Waals surface area contributed by atoms with E-state index in [-0.39, 0.29) is 0 Å². The van der Waals surface area contributed by atoms with Gasteiger partial charge in [-0.1, -0.05) is 0 Å². The van der Waals surface area contributed by atoms with Gasteiger partial charge in [-0.15, -0.1) is 11.3 Å². The average Bonchev–Trinajstić information content (AvgIpc) is 2.77. The van der Waals surface area contributed by atoms with Crippen LogP contribution in [0, 0.1) is 6.92 Å². The fraction of sp³-hybridized carbons (Fsp3) is 0.750. The molecule has 0 unspecified atom stereocenters. The highest BCUT2D eigenvalue weighted by Crippen LogP contribution is 2.22. The smallest absolute Gasteiger partial charge is 0.185 e. The standard InChI is InChI=1S/C12H21N3OS/c1-3-16-9-8-14-4-6-15(7-5-14)12-13-10-11(2)17-12/h10H,3-9H2,1-2H3. The average molecular weight is 255 g/mol. The van der Waals surface area contributed by atoms with Crippen LogP contribution in [-0.4, -0.2) is 55.8 Å². The normalized spacial score (nSPS) is 17.6. The second-order valence-electron chi connectivity index (χ2n) is 4.28. The van der Waals surface area contributed by atoms with Gasteiger partial charge in [0.25, 0.3) is 0 Å². The molecule has 4 nitrogen and oxygen atoms in total. The Morgan fingerprint density at radius 1 is 1.35 bits per heavy atom. The van der Waals surface area contributed by atoms with Crippen molar-refractivity contribution in [2.45, 2.75) is 13.8 Å². The van der Waals surface area contributed by atoms with Gasteiger partial charge < -0.3 is 9.64 Å². The fourth-order valence-electron chi connectivity index (χ4n) is 1.99. The zero-order chi connectivity index (χ0) is 12.1. The molecule has 0 radical (unpaired) electrons. The fourth-order valence-corrected chi connectivity index (χ4v) is 2.80. The van der Waals surface area contributed by atoms with Crippen LogP contribution in [0.2, 0.25) is 0 Å². The molecule has 0 amide bonds. The molecule has 0 spiro atoms. The molecule has 0 saturated carbocycles. The molecular weight excluding hydrogens is 234 g/mol. The Hall–Kier alpha value is -0.650. The third-order valence-corrected chi connectivity index (χ3v) is 3.98. The Bertz CT molecular complexity index is 334. The minimum absolute atomic E-state index is 0.818. The monoisotopic (exact) mass is 255 g/mol. The number of piperazine rings is 1. The lowest BCUT2D eigenvalue weighted by Crippen LogP contribution is -2.47. The molecule has 2 heterocycles. The molecule has 0 aliphatic carbocycles. The number of ether oxygens (including phenoxy) is 1. The van der Waals surface area contributed by atoms with Crippen molar-refractivity contribution in [3.8, 4) is 0 Å². The zero-order valence-electron chi connectivity index (χ0n) is 10.7. The molecule has 17 heavy (non-hydrogen) atoms. The van der Waals surface area contributed by atoms with Gasteiger partial charge >= 0.3 is 0 Å². The molecule has 96 valence electrons. The van der Waals surface area contributed by atoms with E-state index in [1.54, 1.807) is 11.3 Å². The van der Waals surface area contributed by atoms with Crippen molar-refractivity contribution >= 4 is 16.5 Å². The van der Waals surface area contributed by atoms with Gasteiger partial charge in [0.1, 0.15) is 0 Å². The van der Waals surface area contributed by atoms with Gasteiger partial charge in [-0.25, -0.2) is 4.98 Å². The predicted octanol–water partition coefficient (Wildman–Crippen LogP) is 1.61. The van der Waals surface area contributed by atoms with Gasteiger partial charge in [-0.05, 0) is 13.8 Å². The number of thiazole rings is 1. The minimum atomic E-state index is 0.818. The molecule has 2 rings (SSSR count). The van der Waals surface area contributed by atoms with E-state index in [4.69, 9.17) is 4.74 Å². The van der Waals surface area contributed by atoms with Crippen LogP contribution in [0.25, 0.3) is 0 Å². The lowest BCUT2D eigenvalue weighted by molar-refractivity contribution is 0.111. The molecule has 1 aliphatic heterocycles. The number of rotatable bonds is 5. The Balaban J connectivity index is 1.74. The maximum atomic E-state index is 5.39. The van der Waals surface area contributed by atoms with E-state index in [9.17, 15) is 0 Å². The number of nitrogens with zero attached hydrogens (tertiary/aromatic N) is 3. The number of aromatic nitrogens is 1. The Morgan fingerprint density at radius 2 is 2.12 bits per heavy atom. The minimum Gasteiger partial charge on any atom is -0.380 e. The molecular formula is C12H21N3OS. The molecule has 5 heteroatoms. The van der Waals surface area contributed by atoms with Crippen molar-refractivity contribution in [2.75, 3.05) is 50.8 Å². The van der Waals surface area contributed by atoms with Crippen LogP contribution in [0.4, 0.5) is 5.13 Å². The van der Waals surface area contributed by atoms with Crippen LogP contribution in [0.3, 0.4) is 0 Å². The topological polar surface area (TPSA) is 28.6 Å². The first-order chi connectivity index (χ1) is 8.29. The molecule has 1 aromatic rings. The van der Waals surface area contributed by atoms with E-state index < -0.39 is 0 Å². The first-order valence-corrected chi connectivity index (χ1v) is 7.08. The van der Waals surface area contributed by atoms with Gasteiger partial charge in [0.15, 0.2) is 5.13 Å². The molecule has 0 aromatic carbocycles. The van der Waals surface area contributed by atoms with Crippen LogP contribution >= 0.6 is 11.3 Å². The highest BCUT2D eigenvalue weighted by atomic mass is 32.1. The summed E-state index contributed by atoms with van der Waals surface area (Å²) >= 11 is 1.79. The maximum absolute atomic E-state index is 5.39. The van der Waals surface area contributed by atoms with E-state index in [2.05, 4.69) is 21.7 Å². The van der Waals surface area contributed by atoms with E-state index in [0.29, 0.717) is 0 Å². The third-order valence-electron chi connectivity index (χ3n) is 3.01. The van der Waals surface area contributed by atoms with Crippen LogP contribution in [-0.2, 0) is 4.74 Å². The molecule has 0 N–H and O–H groups in total. The predicted molar refractivity (Wildman–Crippen MR) is 72.0 cm³/mol. The zero-order valence-corrected chi connectivity index (χ0v) is 11.5. The largest absolute Gasteiger partial charge is 0.380 e. The summed E-state index contributed by atoms with van der Waals surface area (Å²) in [4.78, 5) is 10.6. The molecule has 1 saturated heterocycles. The Morgan fingerprint density at radius 3 is 2.71 bits per heavy atom. The summed E-state index contributed by atoms with van der Waals surface area (Å²) in [6, 6.07) is 0. The number of hydrogen-bond donors (Lipinski definition) is 0. The van der Waals surface area contributed by atoms with Gasteiger partial charge in [0.05, 0.1) is 6.61 Å². The lowest BCUT2D eigenvalue weighted by Gasteiger charge is -2.34. The van der Waals surface area contributed by atoms with Crippen molar-refractivity contribution in [3.05, 3.63) is 11.1 Å². The van der Waals surface area contributed by atoms with E-state index in [0.717, 1.165) is 45.9 Å². The van der Waals surface area contributed by atoms with Crippen LogP contribution in [0.15, 0.2) is 6.20 Å². The van der Waals surface area contributed by atoms with Gasteiger partial charge in [-0.3, -0.25) is 4.90 Å². The summed E-state index contributed by atoms with van der Waals surface area (Å²) in [5, 5.41) is 1.17. The number of anilines is 1. The summed E-state index contributed by atoms with van der Waals surface area (Å²) in [5.74, 6) is 0. The number of aryl methyl sites for hydroxylation is 1. The summed E-state index contributed by atoms with van der Waals surface area (Å²) in [7, 11) is 0. The molecule has 1 aromatic heterocycles. The van der Waals surface area contributed by atoms with Gasteiger partial charge in [-0.2, -0.15) is 0 Å². The summed E-state index contributed by atoms with van der Waals surface area (Å²) < 4.78 is 5.39. The molecule has 1 aliphatic rings. The first-order valence-electron chi connectivity index (χ1n) is 6.27. The first kappa shape index (κ1) is 12.8. The van der Waals surface area contributed by atoms with Crippen molar-refractivity contribution < 1.29 is 4.74 Å². The lowest BCUT2D eigenvalue weighted by atomic mass is 10.3. The summed E-state index contributed by atoms with van der Waals surface area (Å²) in [6.45, 7) is 11.3. The van der Waals surface area contributed by atoms with Crippen LogP contribution in [0.1, 0.15) is 11.8 Å².